The summed E-state index contributed by atoms with van der Waals surface area (Å²) in [5, 5.41) is 2.41. The van der Waals surface area contributed by atoms with Crippen LogP contribution in [0, 0.1) is 12.7 Å². The normalized spacial score (nSPS) is 11.2. The molecule has 0 aliphatic rings. The van der Waals surface area contributed by atoms with E-state index in [1.165, 1.54) is 30.3 Å². The molecule has 28 heavy (non-hydrogen) atoms. The molecule has 0 heterocycles. The third-order valence-electron chi connectivity index (χ3n) is 3.62. The van der Waals surface area contributed by atoms with Crippen LogP contribution in [0.5, 0.6) is 0 Å². The van der Waals surface area contributed by atoms with E-state index < -0.39 is 27.7 Å². The number of esters is 1. The van der Waals surface area contributed by atoms with Crippen LogP contribution < -0.4 is 10.0 Å². The summed E-state index contributed by atoms with van der Waals surface area (Å²) in [5.74, 6) is -1.69. The monoisotopic (exact) mass is 408 g/mol. The Morgan fingerprint density at radius 3 is 2.36 bits per heavy atom. The zero-order chi connectivity index (χ0) is 20.9. The van der Waals surface area contributed by atoms with E-state index in [9.17, 15) is 22.4 Å². The Hall–Kier alpha value is -2.94. The van der Waals surface area contributed by atoms with Gasteiger partial charge in [-0.2, -0.15) is 0 Å². The van der Waals surface area contributed by atoms with Gasteiger partial charge in [0.15, 0.2) is 0 Å². The lowest BCUT2D eigenvalue weighted by Gasteiger charge is -2.12. The number of benzene rings is 2. The molecular weight excluding hydrogens is 387 g/mol. The highest BCUT2D eigenvalue weighted by atomic mass is 32.2. The SMILES string of the molecule is Cc1ccc(S(=O)(=O)Nc2ccc(F)cc2)cc1C(=O)NCC(=O)OC(C)C. The quantitative estimate of drug-likeness (QED) is 0.686. The van der Waals surface area contributed by atoms with Crippen molar-refractivity contribution in [2.45, 2.75) is 31.8 Å². The first-order valence-corrected chi connectivity index (χ1v) is 9.93. The van der Waals surface area contributed by atoms with Crippen molar-refractivity contribution in [3.63, 3.8) is 0 Å². The maximum absolute atomic E-state index is 13.0. The van der Waals surface area contributed by atoms with Gasteiger partial charge in [0.2, 0.25) is 0 Å². The van der Waals surface area contributed by atoms with E-state index in [2.05, 4.69) is 10.0 Å². The number of carbonyl (C=O) groups is 2. The Morgan fingerprint density at radius 2 is 1.75 bits per heavy atom. The molecule has 0 saturated heterocycles. The first-order valence-electron chi connectivity index (χ1n) is 8.45. The molecule has 0 aliphatic heterocycles. The molecule has 9 heteroatoms. The summed E-state index contributed by atoms with van der Waals surface area (Å²) in [6, 6.07) is 8.88. The van der Waals surface area contributed by atoms with Gasteiger partial charge in [0, 0.05) is 11.3 Å². The molecule has 0 aromatic heterocycles. The Balaban J connectivity index is 2.18. The van der Waals surface area contributed by atoms with Gasteiger partial charge < -0.3 is 10.1 Å². The van der Waals surface area contributed by atoms with Crippen LogP contribution >= 0.6 is 0 Å². The summed E-state index contributed by atoms with van der Waals surface area (Å²) < 4.78 is 45.3. The number of sulfonamides is 1. The molecule has 2 aromatic carbocycles. The van der Waals surface area contributed by atoms with Crippen molar-refractivity contribution >= 4 is 27.6 Å². The van der Waals surface area contributed by atoms with E-state index >= 15 is 0 Å². The second-order valence-electron chi connectivity index (χ2n) is 6.31. The Kier molecular flexibility index (Phi) is 6.74. The van der Waals surface area contributed by atoms with E-state index in [1.807, 2.05) is 0 Å². The molecule has 2 N–H and O–H groups in total. The largest absolute Gasteiger partial charge is 0.462 e. The molecule has 0 spiro atoms. The number of ether oxygens (including phenoxy) is 1. The van der Waals surface area contributed by atoms with Crippen molar-refractivity contribution in [1.82, 2.24) is 5.32 Å². The predicted octanol–water partition coefficient (Wildman–Crippen LogP) is 2.62. The Bertz CT molecular complexity index is 972. The van der Waals surface area contributed by atoms with Crippen LogP contribution in [0.1, 0.15) is 29.8 Å². The van der Waals surface area contributed by atoms with Gasteiger partial charge in [-0.15, -0.1) is 0 Å². The maximum atomic E-state index is 13.0. The fourth-order valence-corrected chi connectivity index (χ4v) is 3.38. The van der Waals surface area contributed by atoms with Gasteiger partial charge in [0.1, 0.15) is 12.4 Å². The standard InChI is InChI=1S/C19H21FN2O5S/c1-12(2)27-18(23)11-21-19(24)17-10-16(9-4-13(17)3)28(25,26)22-15-7-5-14(20)6-8-15/h4-10,12,22H,11H2,1-3H3,(H,21,24). The molecule has 7 nitrogen and oxygen atoms in total. The molecule has 0 aliphatic carbocycles. The minimum atomic E-state index is -3.99. The highest BCUT2D eigenvalue weighted by molar-refractivity contribution is 7.92. The van der Waals surface area contributed by atoms with Gasteiger partial charge >= 0.3 is 5.97 Å². The molecular formula is C19H21FN2O5S. The fourth-order valence-electron chi connectivity index (χ4n) is 2.30. The summed E-state index contributed by atoms with van der Waals surface area (Å²) in [6.07, 6.45) is -0.308. The van der Waals surface area contributed by atoms with E-state index in [4.69, 9.17) is 4.74 Å². The van der Waals surface area contributed by atoms with Crippen molar-refractivity contribution in [3.05, 3.63) is 59.4 Å². The van der Waals surface area contributed by atoms with Crippen LogP contribution in [0.4, 0.5) is 10.1 Å². The van der Waals surface area contributed by atoms with Gasteiger partial charge in [-0.25, -0.2) is 12.8 Å². The number of aryl methyl sites for hydroxylation is 1. The molecule has 0 bridgehead atoms. The molecule has 0 saturated carbocycles. The van der Waals surface area contributed by atoms with Crippen molar-refractivity contribution in [2.75, 3.05) is 11.3 Å². The highest BCUT2D eigenvalue weighted by Crippen LogP contribution is 2.19. The number of amides is 1. The smallest absolute Gasteiger partial charge is 0.325 e. The van der Waals surface area contributed by atoms with E-state index in [1.54, 1.807) is 20.8 Å². The average molecular weight is 408 g/mol. The molecule has 2 rings (SSSR count). The molecule has 2 aromatic rings. The minimum absolute atomic E-state index is 0.110. The maximum Gasteiger partial charge on any atom is 0.325 e. The zero-order valence-electron chi connectivity index (χ0n) is 15.7. The third-order valence-corrected chi connectivity index (χ3v) is 5.00. The lowest BCUT2D eigenvalue weighted by molar-refractivity contribution is -0.146. The van der Waals surface area contributed by atoms with Gasteiger partial charge in [0.05, 0.1) is 11.0 Å². The summed E-state index contributed by atoms with van der Waals surface area (Å²) in [6.45, 7) is 4.69. The number of rotatable bonds is 7. The van der Waals surface area contributed by atoms with E-state index in [0.29, 0.717) is 5.56 Å². The lowest BCUT2D eigenvalue weighted by atomic mass is 10.1. The van der Waals surface area contributed by atoms with Gasteiger partial charge in [-0.1, -0.05) is 6.07 Å². The number of carbonyl (C=O) groups excluding carboxylic acids is 2. The lowest BCUT2D eigenvalue weighted by Crippen LogP contribution is -2.32. The number of halogens is 1. The van der Waals surface area contributed by atoms with E-state index in [0.717, 1.165) is 12.1 Å². The number of hydrogen-bond acceptors (Lipinski definition) is 5. The molecule has 0 unspecified atom stereocenters. The zero-order valence-corrected chi connectivity index (χ0v) is 16.5. The van der Waals surface area contributed by atoms with Crippen LogP contribution in [-0.2, 0) is 19.6 Å². The number of anilines is 1. The van der Waals surface area contributed by atoms with E-state index in [-0.39, 0.29) is 28.8 Å². The van der Waals surface area contributed by atoms with Crippen molar-refractivity contribution in [3.8, 4) is 0 Å². The summed E-state index contributed by atoms with van der Waals surface area (Å²) >= 11 is 0. The minimum Gasteiger partial charge on any atom is -0.462 e. The number of hydrogen-bond donors (Lipinski definition) is 2. The Morgan fingerprint density at radius 1 is 1.11 bits per heavy atom. The first-order chi connectivity index (χ1) is 13.1. The van der Waals surface area contributed by atoms with Gasteiger partial charge in [-0.05, 0) is 62.7 Å². The summed E-state index contributed by atoms with van der Waals surface area (Å²) in [5.41, 5.74) is 0.833. The molecule has 0 fully saturated rings. The molecule has 150 valence electrons. The number of nitrogens with one attached hydrogen (secondary N) is 2. The third kappa shape index (κ3) is 5.78. The van der Waals surface area contributed by atoms with Crippen molar-refractivity contribution in [1.29, 1.82) is 0 Å². The van der Waals surface area contributed by atoms with Crippen LogP contribution in [0.3, 0.4) is 0 Å². The Labute approximate surface area is 163 Å². The highest BCUT2D eigenvalue weighted by Gasteiger charge is 2.19. The second kappa shape index (κ2) is 8.83. The first kappa shape index (κ1) is 21.4. The molecule has 1 amide bonds. The molecule has 0 atom stereocenters. The topological polar surface area (TPSA) is 102 Å². The second-order valence-corrected chi connectivity index (χ2v) is 7.99. The van der Waals surface area contributed by atoms with Gasteiger partial charge in [-0.3, -0.25) is 14.3 Å². The van der Waals surface area contributed by atoms with Crippen LogP contribution in [0.2, 0.25) is 0 Å². The summed E-state index contributed by atoms with van der Waals surface area (Å²) in [7, 11) is -3.99. The van der Waals surface area contributed by atoms with Crippen LogP contribution in [0.25, 0.3) is 0 Å². The summed E-state index contributed by atoms with van der Waals surface area (Å²) in [4.78, 5) is 23.8. The fraction of sp³-hybridized carbons (Fsp3) is 0.263. The average Bonchev–Trinajstić information content (AvgIpc) is 2.61. The van der Waals surface area contributed by atoms with Crippen molar-refractivity contribution < 1.29 is 27.1 Å². The van der Waals surface area contributed by atoms with Gasteiger partial charge in [0.25, 0.3) is 15.9 Å². The van der Waals surface area contributed by atoms with Crippen molar-refractivity contribution in [2.24, 2.45) is 0 Å². The van der Waals surface area contributed by atoms with Crippen LogP contribution in [0.15, 0.2) is 47.4 Å². The predicted molar refractivity (Wildman–Crippen MR) is 102 cm³/mol. The molecule has 0 radical (unpaired) electrons. The van der Waals surface area contributed by atoms with Crippen LogP contribution in [-0.4, -0.2) is 32.9 Å².